The minimum atomic E-state index is -0.415. The van der Waals surface area contributed by atoms with Crippen molar-refractivity contribution >= 4 is 17.7 Å². The Bertz CT molecular complexity index is 824. The van der Waals surface area contributed by atoms with Crippen molar-refractivity contribution in [3.63, 3.8) is 0 Å². The summed E-state index contributed by atoms with van der Waals surface area (Å²) in [6, 6.07) is 0. The van der Waals surface area contributed by atoms with E-state index in [4.69, 9.17) is 5.41 Å². The Labute approximate surface area is 172 Å². The molecule has 2 atom stereocenters. The van der Waals surface area contributed by atoms with Crippen LogP contribution in [0.2, 0.25) is 0 Å². The van der Waals surface area contributed by atoms with Gasteiger partial charge in [0.15, 0.2) is 0 Å². The minimum Gasteiger partial charge on any atom is -0.393 e. The number of aromatic nitrogens is 2. The number of hydrogen-bond acceptors (Lipinski definition) is 5. The van der Waals surface area contributed by atoms with Gasteiger partial charge >= 0.3 is 0 Å². The standard InChI is InChI=1S/C23H30N4O2/c1-5-20(6-2)27(23(29)18-8-7-9-21(28)11-18)15-19-13-26-22(14-25-19)17(4)10-16(3)12-24/h5-6,10,12-14,18,21,24,28H,1,3,7-9,11,15H2,2,4H3/b17-10+,20-6+,24-12?. The molecule has 2 rings (SSSR count). The van der Waals surface area contributed by atoms with Gasteiger partial charge in [0, 0.05) is 17.8 Å². The number of amides is 1. The van der Waals surface area contributed by atoms with Crippen molar-refractivity contribution in [2.24, 2.45) is 5.92 Å². The van der Waals surface area contributed by atoms with Crippen LogP contribution in [0.5, 0.6) is 0 Å². The highest BCUT2D eigenvalue weighted by atomic mass is 16.3. The molecule has 1 aliphatic carbocycles. The van der Waals surface area contributed by atoms with E-state index in [-0.39, 0.29) is 11.8 Å². The maximum Gasteiger partial charge on any atom is 0.230 e. The lowest BCUT2D eigenvalue weighted by Crippen LogP contribution is -2.38. The lowest BCUT2D eigenvalue weighted by atomic mass is 9.86. The molecule has 1 aromatic rings. The van der Waals surface area contributed by atoms with Gasteiger partial charge in [-0.3, -0.25) is 14.8 Å². The van der Waals surface area contributed by atoms with Gasteiger partial charge in [-0.1, -0.05) is 25.7 Å². The summed E-state index contributed by atoms with van der Waals surface area (Å²) in [6.07, 6.45) is 12.3. The molecule has 6 heteroatoms. The molecule has 154 valence electrons. The van der Waals surface area contributed by atoms with E-state index in [9.17, 15) is 9.90 Å². The Balaban J connectivity index is 2.22. The van der Waals surface area contributed by atoms with E-state index in [2.05, 4.69) is 23.1 Å². The van der Waals surface area contributed by atoms with Crippen molar-refractivity contribution < 1.29 is 9.90 Å². The molecular formula is C23H30N4O2. The second kappa shape index (κ2) is 10.6. The van der Waals surface area contributed by atoms with Gasteiger partial charge in [0.25, 0.3) is 0 Å². The van der Waals surface area contributed by atoms with E-state index in [0.29, 0.717) is 29.9 Å². The van der Waals surface area contributed by atoms with Crippen LogP contribution in [0.1, 0.15) is 50.9 Å². The Morgan fingerprint density at radius 3 is 2.69 bits per heavy atom. The average Bonchev–Trinajstić information content (AvgIpc) is 2.73. The third kappa shape index (κ3) is 6.06. The number of carbonyl (C=O) groups is 1. The zero-order chi connectivity index (χ0) is 21.4. The Kier molecular flexibility index (Phi) is 8.21. The van der Waals surface area contributed by atoms with Gasteiger partial charge in [-0.05, 0) is 56.4 Å². The highest BCUT2D eigenvalue weighted by Crippen LogP contribution is 2.28. The van der Waals surface area contributed by atoms with Gasteiger partial charge in [-0.15, -0.1) is 0 Å². The fraction of sp³-hybridized carbons (Fsp3) is 0.391. The molecule has 2 unspecified atom stereocenters. The lowest BCUT2D eigenvalue weighted by molar-refractivity contribution is -0.136. The summed E-state index contributed by atoms with van der Waals surface area (Å²) in [5.41, 5.74) is 3.53. The van der Waals surface area contributed by atoms with Crippen LogP contribution in [0, 0.1) is 11.3 Å². The minimum absolute atomic E-state index is 0.0130. The van der Waals surface area contributed by atoms with E-state index in [1.54, 1.807) is 29.4 Å². The van der Waals surface area contributed by atoms with Gasteiger partial charge < -0.3 is 15.4 Å². The quantitative estimate of drug-likeness (QED) is 0.514. The second-order valence-electron chi connectivity index (χ2n) is 7.30. The monoisotopic (exact) mass is 394 g/mol. The summed E-state index contributed by atoms with van der Waals surface area (Å²) >= 11 is 0. The van der Waals surface area contributed by atoms with Gasteiger partial charge in [-0.2, -0.15) is 0 Å². The molecule has 0 spiro atoms. The number of nitrogens with zero attached hydrogens (tertiary/aromatic N) is 3. The maximum atomic E-state index is 13.2. The molecule has 6 nitrogen and oxygen atoms in total. The molecule has 1 saturated carbocycles. The molecule has 0 radical (unpaired) electrons. The Morgan fingerprint density at radius 1 is 1.38 bits per heavy atom. The molecule has 29 heavy (non-hydrogen) atoms. The first-order valence-electron chi connectivity index (χ1n) is 9.86. The number of nitrogens with one attached hydrogen (secondary N) is 1. The van der Waals surface area contributed by atoms with E-state index in [1.165, 1.54) is 6.21 Å². The Morgan fingerprint density at radius 2 is 2.14 bits per heavy atom. The zero-order valence-corrected chi connectivity index (χ0v) is 17.3. The highest BCUT2D eigenvalue weighted by molar-refractivity contribution is 5.83. The molecule has 1 heterocycles. The molecular weight excluding hydrogens is 364 g/mol. The van der Waals surface area contributed by atoms with Crippen LogP contribution < -0.4 is 0 Å². The number of carbonyl (C=O) groups excluding carboxylic acids is 1. The van der Waals surface area contributed by atoms with Crippen molar-refractivity contribution in [2.45, 2.75) is 52.2 Å². The zero-order valence-electron chi connectivity index (χ0n) is 17.3. The SMILES string of the molecule is C=C/C(=C\C)N(Cc1cnc(/C(C)=C/C(=C)C=N)cn1)C(=O)C1CCCC(O)C1. The Hall–Kier alpha value is -2.86. The molecule has 1 amide bonds. The van der Waals surface area contributed by atoms with Crippen molar-refractivity contribution in [1.82, 2.24) is 14.9 Å². The first-order valence-corrected chi connectivity index (χ1v) is 9.86. The summed E-state index contributed by atoms with van der Waals surface area (Å²) in [5.74, 6) is -0.209. The predicted molar refractivity (Wildman–Crippen MR) is 116 cm³/mol. The van der Waals surface area contributed by atoms with Gasteiger partial charge in [0.2, 0.25) is 5.91 Å². The van der Waals surface area contributed by atoms with Gasteiger partial charge in [-0.25, -0.2) is 0 Å². The largest absolute Gasteiger partial charge is 0.393 e. The molecule has 1 aliphatic rings. The number of aliphatic hydroxyl groups is 1. The fourth-order valence-electron chi connectivity index (χ4n) is 3.48. The van der Waals surface area contributed by atoms with Gasteiger partial charge in [0.05, 0.1) is 36.4 Å². The van der Waals surface area contributed by atoms with Crippen LogP contribution >= 0.6 is 0 Å². The summed E-state index contributed by atoms with van der Waals surface area (Å²) < 4.78 is 0. The normalized spacial score (nSPS) is 20.1. The van der Waals surface area contributed by atoms with E-state index in [0.717, 1.165) is 30.5 Å². The van der Waals surface area contributed by atoms with Gasteiger partial charge in [0.1, 0.15) is 0 Å². The number of aliphatic hydroxyl groups excluding tert-OH is 1. The number of hydrogen-bond donors (Lipinski definition) is 2. The van der Waals surface area contributed by atoms with E-state index in [1.807, 2.05) is 19.9 Å². The molecule has 0 saturated heterocycles. The van der Waals surface area contributed by atoms with Crippen molar-refractivity contribution in [3.05, 3.63) is 66.4 Å². The van der Waals surface area contributed by atoms with Crippen LogP contribution in [0.15, 0.2) is 55.0 Å². The summed E-state index contributed by atoms with van der Waals surface area (Å²) in [7, 11) is 0. The molecule has 0 aromatic carbocycles. The van der Waals surface area contributed by atoms with Crippen LogP contribution in [-0.4, -0.2) is 38.2 Å². The molecule has 2 N–H and O–H groups in total. The third-order valence-corrected chi connectivity index (χ3v) is 5.10. The van der Waals surface area contributed by atoms with Crippen LogP contribution in [0.3, 0.4) is 0 Å². The molecule has 0 aliphatic heterocycles. The molecule has 1 fully saturated rings. The fourth-order valence-corrected chi connectivity index (χ4v) is 3.48. The maximum absolute atomic E-state index is 13.2. The van der Waals surface area contributed by atoms with E-state index < -0.39 is 6.10 Å². The second-order valence-corrected chi connectivity index (χ2v) is 7.30. The summed E-state index contributed by atoms with van der Waals surface area (Å²) in [4.78, 5) is 23.8. The lowest BCUT2D eigenvalue weighted by Gasteiger charge is -2.31. The third-order valence-electron chi connectivity index (χ3n) is 5.10. The first-order chi connectivity index (χ1) is 13.9. The van der Waals surface area contributed by atoms with Crippen molar-refractivity contribution in [2.75, 3.05) is 0 Å². The molecule has 1 aromatic heterocycles. The smallest absolute Gasteiger partial charge is 0.230 e. The van der Waals surface area contributed by atoms with Crippen LogP contribution in [-0.2, 0) is 11.3 Å². The van der Waals surface area contributed by atoms with Crippen molar-refractivity contribution in [3.8, 4) is 0 Å². The number of allylic oxidation sites excluding steroid dienone is 5. The molecule has 0 bridgehead atoms. The average molecular weight is 395 g/mol. The summed E-state index contributed by atoms with van der Waals surface area (Å²) in [6.45, 7) is 11.6. The summed E-state index contributed by atoms with van der Waals surface area (Å²) in [5, 5.41) is 17.2. The predicted octanol–water partition coefficient (Wildman–Crippen LogP) is 4.06. The first kappa shape index (κ1) is 22.4. The van der Waals surface area contributed by atoms with E-state index >= 15 is 0 Å². The van der Waals surface area contributed by atoms with Crippen LogP contribution in [0.4, 0.5) is 0 Å². The van der Waals surface area contributed by atoms with Crippen molar-refractivity contribution in [1.29, 1.82) is 5.41 Å². The number of rotatable bonds is 8. The topological polar surface area (TPSA) is 90.2 Å². The highest BCUT2D eigenvalue weighted by Gasteiger charge is 2.30. The van der Waals surface area contributed by atoms with Crippen LogP contribution in [0.25, 0.3) is 5.57 Å².